The van der Waals surface area contributed by atoms with Gasteiger partial charge >= 0.3 is 0 Å². The van der Waals surface area contributed by atoms with Gasteiger partial charge in [-0.2, -0.15) is 0 Å². The Morgan fingerprint density at radius 1 is 1.46 bits per heavy atom. The van der Waals surface area contributed by atoms with Crippen molar-refractivity contribution in [2.24, 2.45) is 0 Å². The number of ketones is 1. The van der Waals surface area contributed by atoms with Gasteiger partial charge in [-0.15, -0.1) is 11.3 Å². The molecule has 0 fully saturated rings. The van der Waals surface area contributed by atoms with Gasteiger partial charge in [0.2, 0.25) is 0 Å². The fraction of sp³-hybridized carbons (Fsp3) is 0.263. The molecule has 0 bridgehead atoms. The van der Waals surface area contributed by atoms with E-state index in [1.54, 1.807) is 18.3 Å². The maximum atomic E-state index is 11.4. The van der Waals surface area contributed by atoms with Crippen molar-refractivity contribution in [2.75, 3.05) is 0 Å². The first kappa shape index (κ1) is 15.6. The molecule has 2 heterocycles. The third-order valence-corrected chi connectivity index (χ3v) is 5.59. The van der Waals surface area contributed by atoms with Crippen molar-refractivity contribution in [2.45, 2.75) is 32.3 Å². The standard InChI is InChI=1S/C19H16ClNO2S/c1-11(22)7-12-10-24-18-9-13(8-15(20)19(12)18)23-17-5-4-16-14(17)3-2-6-21-16/h2-3,6,8-10,17H,4-5,7H2,1H3. The molecule has 24 heavy (non-hydrogen) atoms. The van der Waals surface area contributed by atoms with E-state index in [9.17, 15) is 4.79 Å². The summed E-state index contributed by atoms with van der Waals surface area (Å²) in [4.78, 5) is 15.8. The van der Waals surface area contributed by atoms with Crippen LogP contribution in [0.5, 0.6) is 5.75 Å². The molecule has 0 aliphatic heterocycles. The van der Waals surface area contributed by atoms with Crippen LogP contribution >= 0.6 is 22.9 Å². The van der Waals surface area contributed by atoms with Crippen LogP contribution in [0.25, 0.3) is 10.1 Å². The smallest absolute Gasteiger partial charge is 0.134 e. The summed E-state index contributed by atoms with van der Waals surface area (Å²) < 4.78 is 7.25. The van der Waals surface area contributed by atoms with Gasteiger partial charge in [-0.05, 0) is 48.9 Å². The molecule has 1 aromatic carbocycles. The van der Waals surface area contributed by atoms with E-state index >= 15 is 0 Å². The van der Waals surface area contributed by atoms with Gasteiger partial charge in [0.15, 0.2) is 0 Å². The second-order valence-electron chi connectivity index (χ2n) is 6.10. The van der Waals surface area contributed by atoms with E-state index in [-0.39, 0.29) is 11.9 Å². The second kappa shape index (κ2) is 6.19. The summed E-state index contributed by atoms with van der Waals surface area (Å²) in [7, 11) is 0. The van der Waals surface area contributed by atoms with Gasteiger partial charge in [0.25, 0.3) is 0 Å². The van der Waals surface area contributed by atoms with E-state index < -0.39 is 0 Å². The Bertz CT molecular complexity index is 934. The Labute approximate surface area is 149 Å². The maximum Gasteiger partial charge on any atom is 0.134 e. The van der Waals surface area contributed by atoms with Crippen LogP contribution in [0, 0.1) is 0 Å². The van der Waals surface area contributed by atoms with E-state index in [0.29, 0.717) is 11.4 Å². The average Bonchev–Trinajstić information content (AvgIpc) is 3.12. The number of Topliss-reactive ketones (excluding diaryl/α,β-unsaturated/α-hetero) is 1. The minimum Gasteiger partial charge on any atom is -0.486 e. The molecule has 0 spiro atoms. The number of thiophene rings is 1. The van der Waals surface area contributed by atoms with Crippen molar-refractivity contribution in [3.63, 3.8) is 0 Å². The molecule has 2 aromatic heterocycles. The van der Waals surface area contributed by atoms with Gasteiger partial charge in [-0.25, -0.2) is 0 Å². The number of hydrogen-bond acceptors (Lipinski definition) is 4. The summed E-state index contributed by atoms with van der Waals surface area (Å²) in [6.07, 6.45) is 4.15. The number of aryl methyl sites for hydroxylation is 1. The van der Waals surface area contributed by atoms with Crippen LogP contribution in [0.3, 0.4) is 0 Å². The Morgan fingerprint density at radius 2 is 2.33 bits per heavy atom. The molecule has 0 radical (unpaired) electrons. The van der Waals surface area contributed by atoms with E-state index in [4.69, 9.17) is 16.3 Å². The fourth-order valence-electron chi connectivity index (χ4n) is 3.28. The number of benzene rings is 1. The van der Waals surface area contributed by atoms with Crippen molar-refractivity contribution < 1.29 is 9.53 Å². The van der Waals surface area contributed by atoms with Gasteiger partial charge in [0, 0.05) is 34.0 Å². The predicted octanol–water partition coefficient (Wildman–Crippen LogP) is 5.15. The normalized spacial score (nSPS) is 16.3. The third-order valence-electron chi connectivity index (χ3n) is 4.31. The van der Waals surface area contributed by atoms with E-state index in [1.807, 2.05) is 29.8 Å². The molecule has 1 aliphatic rings. The summed E-state index contributed by atoms with van der Waals surface area (Å²) in [5.74, 6) is 0.909. The molecule has 3 aromatic rings. The van der Waals surface area contributed by atoms with Crippen LogP contribution in [0.1, 0.15) is 36.3 Å². The Balaban J connectivity index is 1.66. The van der Waals surface area contributed by atoms with E-state index in [1.165, 1.54) is 0 Å². The molecule has 5 heteroatoms. The number of carbonyl (C=O) groups is 1. The Hall–Kier alpha value is -1.91. The monoisotopic (exact) mass is 357 g/mol. The zero-order chi connectivity index (χ0) is 16.7. The number of carbonyl (C=O) groups excluding carboxylic acids is 1. The largest absolute Gasteiger partial charge is 0.486 e. The highest BCUT2D eigenvalue weighted by atomic mass is 35.5. The molecule has 1 atom stereocenters. The van der Waals surface area contributed by atoms with Crippen molar-refractivity contribution in [1.29, 1.82) is 0 Å². The Morgan fingerprint density at radius 3 is 3.17 bits per heavy atom. The first-order valence-electron chi connectivity index (χ1n) is 7.91. The Kier molecular flexibility index (Phi) is 4.02. The summed E-state index contributed by atoms with van der Waals surface area (Å²) >= 11 is 8.08. The minimum atomic E-state index is 0.0267. The first-order chi connectivity index (χ1) is 11.6. The molecule has 3 nitrogen and oxygen atoms in total. The molecular weight excluding hydrogens is 342 g/mol. The highest BCUT2D eigenvalue weighted by Crippen LogP contribution is 2.39. The van der Waals surface area contributed by atoms with Gasteiger partial charge < -0.3 is 4.74 Å². The quantitative estimate of drug-likeness (QED) is 0.648. The summed E-state index contributed by atoms with van der Waals surface area (Å²) in [5, 5.41) is 3.62. The van der Waals surface area contributed by atoms with E-state index in [0.717, 1.165) is 45.5 Å². The summed E-state index contributed by atoms with van der Waals surface area (Å²) in [6, 6.07) is 7.90. The predicted molar refractivity (Wildman–Crippen MR) is 97.1 cm³/mol. The molecule has 0 saturated heterocycles. The average molecular weight is 358 g/mol. The summed E-state index contributed by atoms with van der Waals surface area (Å²) in [6.45, 7) is 1.60. The molecule has 1 unspecified atom stereocenters. The van der Waals surface area contributed by atoms with Crippen LogP contribution < -0.4 is 4.74 Å². The number of ether oxygens (including phenoxy) is 1. The highest BCUT2D eigenvalue weighted by Gasteiger charge is 2.25. The van der Waals surface area contributed by atoms with Crippen LogP contribution in [-0.2, 0) is 17.6 Å². The van der Waals surface area contributed by atoms with Crippen molar-refractivity contribution in [1.82, 2.24) is 4.98 Å². The fourth-order valence-corrected chi connectivity index (χ4v) is 4.68. The lowest BCUT2D eigenvalue weighted by atomic mass is 10.1. The highest BCUT2D eigenvalue weighted by molar-refractivity contribution is 7.17. The zero-order valence-electron chi connectivity index (χ0n) is 13.2. The van der Waals surface area contributed by atoms with Crippen molar-refractivity contribution in [3.05, 3.63) is 57.7 Å². The van der Waals surface area contributed by atoms with Crippen LogP contribution in [-0.4, -0.2) is 10.8 Å². The molecule has 0 N–H and O–H groups in total. The van der Waals surface area contributed by atoms with Crippen LogP contribution in [0.4, 0.5) is 0 Å². The lowest BCUT2D eigenvalue weighted by molar-refractivity contribution is -0.116. The minimum absolute atomic E-state index is 0.0267. The number of aromatic nitrogens is 1. The first-order valence-corrected chi connectivity index (χ1v) is 9.17. The molecule has 1 aliphatic carbocycles. The zero-order valence-corrected chi connectivity index (χ0v) is 14.8. The van der Waals surface area contributed by atoms with Gasteiger partial charge in [0.05, 0.1) is 5.02 Å². The lowest BCUT2D eigenvalue weighted by Gasteiger charge is -2.15. The second-order valence-corrected chi connectivity index (χ2v) is 7.42. The maximum absolute atomic E-state index is 11.4. The van der Waals surface area contributed by atoms with Gasteiger partial charge in [-0.3, -0.25) is 9.78 Å². The number of halogens is 1. The molecule has 0 amide bonds. The van der Waals surface area contributed by atoms with Gasteiger partial charge in [-0.1, -0.05) is 17.7 Å². The number of pyridine rings is 1. The number of nitrogens with zero attached hydrogens (tertiary/aromatic N) is 1. The third kappa shape index (κ3) is 2.80. The number of hydrogen-bond donors (Lipinski definition) is 0. The summed E-state index contributed by atoms with van der Waals surface area (Å²) in [5.41, 5.74) is 3.28. The van der Waals surface area contributed by atoms with Gasteiger partial charge in [0.1, 0.15) is 17.6 Å². The van der Waals surface area contributed by atoms with E-state index in [2.05, 4.69) is 11.1 Å². The lowest BCUT2D eigenvalue weighted by Crippen LogP contribution is -2.03. The molecule has 4 rings (SSSR count). The van der Waals surface area contributed by atoms with Crippen molar-refractivity contribution in [3.8, 4) is 5.75 Å². The molecule has 0 saturated carbocycles. The molecule has 122 valence electrons. The van der Waals surface area contributed by atoms with Crippen molar-refractivity contribution >= 4 is 38.8 Å². The number of rotatable bonds is 4. The number of fused-ring (bicyclic) bond motifs is 2. The van der Waals surface area contributed by atoms with Crippen LogP contribution in [0.15, 0.2) is 35.8 Å². The molecular formula is C19H16ClNO2S. The SMILES string of the molecule is CC(=O)Cc1csc2cc(OC3CCc4ncccc43)cc(Cl)c12. The topological polar surface area (TPSA) is 39.2 Å². The van der Waals surface area contributed by atoms with Crippen LogP contribution in [0.2, 0.25) is 5.02 Å².